The van der Waals surface area contributed by atoms with Gasteiger partial charge in [0.15, 0.2) is 0 Å². The molecule has 0 saturated carbocycles. The van der Waals surface area contributed by atoms with Crippen LogP contribution in [0.2, 0.25) is 0 Å². The van der Waals surface area contributed by atoms with E-state index < -0.39 is 23.2 Å². The number of halogens is 4. The van der Waals surface area contributed by atoms with E-state index in [4.69, 9.17) is 4.74 Å². The van der Waals surface area contributed by atoms with E-state index in [2.05, 4.69) is 0 Å². The van der Waals surface area contributed by atoms with E-state index in [1.807, 2.05) is 6.08 Å². The van der Waals surface area contributed by atoms with Gasteiger partial charge in [0.1, 0.15) is 11.4 Å². The van der Waals surface area contributed by atoms with E-state index in [9.17, 15) is 22.4 Å². The van der Waals surface area contributed by atoms with Crippen LogP contribution in [0.5, 0.6) is 0 Å². The molecule has 7 heteroatoms. The van der Waals surface area contributed by atoms with Gasteiger partial charge >= 0.3 is 12.3 Å². The molecule has 1 saturated heterocycles. The Morgan fingerprint density at radius 2 is 1.89 bits per heavy atom. The van der Waals surface area contributed by atoms with Crippen LogP contribution in [0.1, 0.15) is 51.2 Å². The summed E-state index contributed by atoms with van der Waals surface area (Å²) in [6, 6.07) is 2.49. The fraction of sp³-hybridized carbons (Fsp3) is 0.550. The van der Waals surface area contributed by atoms with Crippen molar-refractivity contribution >= 4 is 6.09 Å². The lowest BCUT2D eigenvalue weighted by molar-refractivity contribution is -0.137. The van der Waals surface area contributed by atoms with Crippen LogP contribution in [-0.4, -0.2) is 28.7 Å². The fourth-order valence-corrected chi connectivity index (χ4v) is 3.83. The minimum atomic E-state index is -4.58. The molecule has 0 aromatic heterocycles. The lowest BCUT2D eigenvalue weighted by atomic mass is 9.94. The maximum absolute atomic E-state index is 13.6. The molecular weight excluding hydrogens is 362 g/mol. The molecule has 3 rings (SSSR count). The average Bonchev–Trinajstić information content (AvgIpc) is 2.76. The first kappa shape index (κ1) is 19.7. The number of nitrogens with zero attached hydrogens (tertiary/aromatic N) is 1. The van der Waals surface area contributed by atoms with Crippen molar-refractivity contribution in [3.8, 4) is 0 Å². The molecular formula is C20H23F4NO2. The van der Waals surface area contributed by atoms with Gasteiger partial charge in [-0.05, 0) is 70.2 Å². The van der Waals surface area contributed by atoms with Gasteiger partial charge in [-0.3, -0.25) is 4.90 Å². The van der Waals surface area contributed by atoms with Gasteiger partial charge in [-0.2, -0.15) is 13.2 Å². The van der Waals surface area contributed by atoms with Gasteiger partial charge in [-0.15, -0.1) is 0 Å². The Balaban J connectivity index is 1.77. The van der Waals surface area contributed by atoms with Crippen molar-refractivity contribution in [1.82, 2.24) is 4.90 Å². The summed E-state index contributed by atoms with van der Waals surface area (Å²) in [4.78, 5) is 14.2. The van der Waals surface area contributed by atoms with E-state index in [1.54, 1.807) is 25.7 Å². The Bertz CT molecular complexity index is 764. The van der Waals surface area contributed by atoms with E-state index in [1.165, 1.54) is 0 Å². The van der Waals surface area contributed by atoms with E-state index in [-0.39, 0.29) is 24.6 Å². The number of rotatable bonds is 2. The Morgan fingerprint density at radius 3 is 2.48 bits per heavy atom. The molecule has 0 spiro atoms. The molecule has 0 aliphatic carbocycles. The smallest absolute Gasteiger partial charge is 0.416 e. The molecule has 0 radical (unpaired) electrons. The highest BCUT2D eigenvalue weighted by Gasteiger charge is 2.41. The maximum atomic E-state index is 13.6. The predicted molar refractivity (Wildman–Crippen MR) is 92.7 cm³/mol. The molecule has 1 aromatic carbocycles. The standard InChI is InChI=1S/C20H23F4NO2/c1-19(2,3)27-18(26)25-16-4-5-17(25)10-13(9-16)6-12-7-14(20(22,23)24)11-15(21)8-12/h7-9,11,16-17H,4-6,10H2,1-3H3. The van der Waals surface area contributed by atoms with Crippen molar-refractivity contribution < 1.29 is 27.1 Å². The zero-order valence-corrected chi connectivity index (χ0v) is 15.6. The lowest BCUT2D eigenvalue weighted by Gasteiger charge is -2.35. The molecule has 3 nitrogen and oxygen atoms in total. The van der Waals surface area contributed by atoms with Crippen LogP contribution in [0, 0.1) is 5.82 Å². The molecule has 1 aromatic rings. The first-order valence-electron chi connectivity index (χ1n) is 9.00. The van der Waals surface area contributed by atoms with Crippen LogP contribution < -0.4 is 0 Å². The van der Waals surface area contributed by atoms with Gasteiger partial charge in [-0.25, -0.2) is 9.18 Å². The predicted octanol–water partition coefficient (Wildman–Crippen LogP) is 5.49. The Kier molecular flexibility index (Phi) is 4.99. The van der Waals surface area contributed by atoms with Crippen molar-refractivity contribution in [2.75, 3.05) is 0 Å². The van der Waals surface area contributed by atoms with Crippen LogP contribution in [0.4, 0.5) is 22.4 Å². The van der Waals surface area contributed by atoms with Crippen molar-refractivity contribution in [3.05, 3.63) is 46.8 Å². The summed E-state index contributed by atoms with van der Waals surface area (Å²) in [7, 11) is 0. The molecule has 2 aliphatic rings. The van der Waals surface area contributed by atoms with Crippen LogP contribution in [-0.2, 0) is 17.3 Å². The molecule has 1 amide bonds. The molecule has 2 bridgehead atoms. The Morgan fingerprint density at radius 1 is 1.19 bits per heavy atom. The van der Waals surface area contributed by atoms with Crippen molar-refractivity contribution in [2.24, 2.45) is 0 Å². The SMILES string of the molecule is CC(C)(C)OC(=O)N1C2C=C(Cc3cc(F)cc(C(F)(F)F)c3)CC1CC2. The zero-order valence-electron chi connectivity index (χ0n) is 15.6. The largest absolute Gasteiger partial charge is 0.444 e. The third kappa shape index (κ3) is 4.62. The molecule has 27 heavy (non-hydrogen) atoms. The monoisotopic (exact) mass is 385 g/mol. The topological polar surface area (TPSA) is 29.5 Å². The molecule has 2 unspecified atom stereocenters. The molecule has 148 valence electrons. The van der Waals surface area contributed by atoms with Crippen molar-refractivity contribution in [2.45, 2.75) is 70.3 Å². The second-order valence-corrected chi connectivity index (χ2v) is 8.24. The fourth-order valence-electron chi connectivity index (χ4n) is 3.83. The minimum absolute atomic E-state index is 0.0273. The van der Waals surface area contributed by atoms with Crippen molar-refractivity contribution in [1.29, 1.82) is 0 Å². The van der Waals surface area contributed by atoms with Gasteiger partial charge in [0.25, 0.3) is 0 Å². The van der Waals surface area contributed by atoms with Gasteiger partial charge in [0, 0.05) is 6.04 Å². The number of benzene rings is 1. The van der Waals surface area contributed by atoms with E-state index in [0.29, 0.717) is 18.1 Å². The van der Waals surface area contributed by atoms with E-state index >= 15 is 0 Å². The first-order valence-corrected chi connectivity index (χ1v) is 9.00. The minimum Gasteiger partial charge on any atom is -0.444 e. The van der Waals surface area contributed by atoms with Crippen LogP contribution in [0.25, 0.3) is 0 Å². The van der Waals surface area contributed by atoms with Crippen LogP contribution in [0.3, 0.4) is 0 Å². The third-order valence-corrected chi connectivity index (χ3v) is 4.79. The van der Waals surface area contributed by atoms with Crippen LogP contribution in [0.15, 0.2) is 29.8 Å². The van der Waals surface area contributed by atoms with Gasteiger partial charge in [-0.1, -0.05) is 11.6 Å². The van der Waals surface area contributed by atoms with Gasteiger partial charge in [0.05, 0.1) is 11.6 Å². The molecule has 1 fully saturated rings. The number of ether oxygens (including phenoxy) is 1. The summed E-state index contributed by atoms with van der Waals surface area (Å²) in [5.41, 5.74) is -0.345. The normalized spacial score (nSPS) is 22.6. The summed E-state index contributed by atoms with van der Waals surface area (Å²) in [6.45, 7) is 5.42. The van der Waals surface area contributed by atoms with Crippen LogP contribution >= 0.6 is 0 Å². The summed E-state index contributed by atoms with van der Waals surface area (Å²) in [6.07, 6.45) is -0.597. The number of amides is 1. The average molecular weight is 385 g/mol. The van der Waals surface area contributed by atoms with Gasteiger partial charge in [0.2, 0.25) is 0 Å². The molecule has 2 atom stereocenters. The highest BCUT2D eigenvalue weighted by atomic mass is 19.4. The molecule has 2 heterocycles. The maximum Gasteiger partial charge on any atom is 0.416 e. The lowest BCUT2D eigenvalue weighted by Crippen LogP contribution is -2.45. The molecule has 2 aliphatic heterocycles. The number of alkyl halides is 3. The summed E-state index contributed by atoms with van der Waals surface area (Å²) in [5.74, 6) is -0.894. The Hall–Kier alpha value is -2.05. The summed E-state index contributed by atoms with van der Waals surface area (Å²) >= 11 is 0. The number of carbonyl (C=O) groups excluding carboxylic acids is 1. The quantitative estimate of drug-likeness (QED) is 0.498. The zero-order chi connectivity index (χ0) is 20.0. The second kappa shape index (κ2) is 6.84. The number of hydrogen-bond acceptors (Lipinski definition) is 2. The summed E-state index contributed by atoms with van der Waals surface area (Å²) in [5, 5.41) is 0. The molecule has 0 N–H and O–H groups in total. The number of hydrogen-bond donors (Lipinski definition) is 0. The second-order valence-electron chi connectivity index (χ2n) is 8.24. The first-order chi connectivity index (χ1) is 12.4. The van der Waals surface area contributed by atoms with E-state index in [0.717, 1.165) is 30.5 Å². The van der Waals surface area contributed by atoms with Gasteiger partial charge < -0.3 is 4.74 Å². The highest BCUT2D eigenvalue weighted by Crippen LogP contribution is 2.37. The highest BCUT2D eigenvalue weighted by molar-refractivity contribution is 5.70. The number of carbonyl (C=O) groups is 1. The number of fused-ring (bicyclic) bond motifs is 2. The summed E-state index contributed by atoms with van der Waals surface area (Å²) < 4.78 is 57.8. The van der Waals surface area contributed by atoms with Crippen molar-refractivity contribution in [3.63, 3.8) is 0 Å². The third-order valence-electron chi connectivity index (χ3n) is 4.79. The Labute approximate surface area is 156 Å².